The van der Waals surface area contributed by atoms with Gasteiger partial charge >= 0.3 is 0 Å². The monoisotopic (exact) mass is 329 g/mol. The average molecular weight is 330 g/mol. The molecule has 2 atom stereocenters. The van der Waals surface area contributed by atoms with Crippen LogP contribution >= 0.6 is 15.9 Å². The first kappa shape index (κ1) is 14.9. The summed E-state index contributed by atoms with van der Waals surface area (Å²) in [6.07, 6.45) is 4.27. The zero-order chi connectivity index (χ0) is 13.9. The Morgan fingerprint density at radius 3 is 2.84 bits per heavy atom. The molecule has 0 spiro atoms. The minimum Gasteiger partial charge on any atom is -0.374 e. The fourth-order valence-electron chi connectivity index (χ4n) is 2.76. The number of ether oxygens (including phenoxy) is 1. The molecule has 1 saturated heterocycles. The zero-order valence-corrected chi connectivity index (χ0v) is 13.1. The van der Waals surface area contributed by atoms with Crippen molar-refractivity contribution in [3.05, 3.63) is 34.1 Å². The Balaban J connectivity index is 2.11. The smallest absolute Gasteiger partial charge is 0.137 e. The van der Waals surface area contributed by atoms with E-state index in [4.69, 9.17) is 4.74 Å². The minimum absolute atomic E-state index is 0.131. The van der Waals surface area contributed by atoms with E-state index in [0.29, 0.717) is 4.47 Å². The molecule has 1 fully saturated rings. The maximum Gasteiger partial charge on any atom is 0.137 e. The molecule has 4 heteroatoms. The molecule has 106 valence electrons. The Morgan fingerprint density at radius 2 is 2.26 bits per heavy atom. The Morgan fingerprint density at radius 1 is 1.47 bits per heavy atom. The molecule has 1 aromatic carbocycles. The lowest BCUT2D eigenvalue weighted by molar-refractivity contribution is -0.0870. The van der Waals surface area contributed by atoms with Crippen LogP contribution in [-0.2, 0) is 11.2 Å². The van der Waals surface area contributed by atoms with E-state index >= 15 is 0 Å². The zero-order valence-electron chi connectivity index (χ0n) is 11.5. The van der Waals surface area contributed by atoms with Crippen LogP contribution < -0.4 is 5.32 Å². The number of nitrogens with one attached hydrogen (secondary N) is 1. The predicted octanol–water partition coefficient (Wildman–Crippen LogP) is 3.68. The van der Waals surface area contributed by atoms with Gasteiger partial charge in [-0.25, -0.2) is 4.39 Å². The van der Waals surface area contributed by atoms with Crippen LogP contribution in [0.5, 0.6) is 0 Å². The first-order valence-electron chi connectivity index (χ1n) is 6.80. The van der Waals surface area contributed by atoms with Crippen LogP contribution in [-0.4, -0.2) is 25.3 Å². The maximum absolute atomic E-state index is 13.3. The van der Waals surface area contributed by atoms with Crippen LogP contribution in [0.4, 0.5) is 4.39 Å². The highest BCUT2D eigenvalue weighted by molar-refractivity contribution is 9.10. The summed E-state index contributed by atoms with van der Waals surface area (Å²) in [6.45, 7) is 3.01. The van der Waals surface area contributed by atoms with Gasteiger partial charge in [-0.15, -0.1) is 0 Å². The Bertz CT molecular complexity index is 432. The minimum atomic E-state index is -0.218. The predicted molar refractivity (Wildman–Crippen MR) is 78.9 cm³/mol. The van der Waals surface area contributed by atoms with E-state index in [2.05, 4.69) is 28.2 Å². The second-order valence-electron chi connectivity index (χ2n) is 5.41. The van der Waals surface area contributed by atoms with Crippen LogP contribution in [0.25, 0.3) is 0 Å². The summed E-state index contributed by atoms with van der Waals surface area (Å²) >= 11 is 3.24. The van der Waals surface area contributed by atoms with Gasteiger partial charge in [0, 0.05) is 12.6 Å². The van der Waals surface area contributed by atoms with E-state index in [1.54, 1.807) is 0 Å². The highest BCUT2D eigenvalue weighted by Crippen LogP contribution is 2.30. The van der Waals surface area contributed by atoms with Crippen molar-refractivity contribution in [2.24, 2.45) is 0 Å². The van der Waals surface area contributed by atoms with Crippen LogP contribution in [0.2, 0.25) is 0 Å². The van der Waals surface area contributed by atoms with Crippen molar-refractivity contribution in [1.82, 2.24) is 5.32 Å². The first-order chi connectivity index (χ1) is 9.05. The van der Waals surface area contributed by atoms with Gasteiger partial charge in [-0.1, -0.05) is 6.07 Å². The highest BCUT2D eigenvalue weighted by atomic mass is 79.9. The summed E-state index contributed by atoms with van der Waals surface area (Å²) in [5.41, 5.74) is 0.983. The molecule has 0 aliphatic carbocycles. The van der Waals surface area contributed by atoms with Crippen LogP contribution in [0.1, 0.15) is 31.7 Å². The second kappa shape index (κ2) is 6.33. The first-order valence-corrected chi connectivity index (χ1v) is 7.59. The summed E-state index contributed by atoms with van der Waals surface area (Å²) in [6, 6.07) is 5.45. The molecule has 2 unspecified atom stereocenters. The highest BCUT2D eigenvalue weighted by Gasteiger charge is 2.35. The normalized spacial score (nSPS) is 25.3. The van der Waals surface area contributed by atoms with Gasteiger partial charge < -0.3 is 10.1 Å². The van der Waals surface area contributed by atoms with Crippen LogP contribution in [0.15, 0.2) is 22.7 Å². The SMILES string of the molecule is CNC(Cc1ccc(F)c(Br)c1)C1(C)CCCCO1. The molecule has 1 aromatic rings. The fraction of sp³-hybridized carbons (Fsp3) is 0.600. The van der Waals surface area contributed by atoms with Crippen molar-refractivity contribution in [3.63, 3.8) is 0 Å². The number of hydrogen-bond donors (Lipinski definition) is 1. The topological polar surface area (TPSA) is 21.3 Å². The number of benzene rings is 1. The Labute approximate surface area is 122 Å². The summed E-state index contributed by atoms with van der Waals surface area (Å²) in [7, 11) is 1.96. The molecular formula is C15H21BrFNO. The number of hydrogen-bond acceptors (Lipinski definition) is 2. The Hall–Kier alpha value is -0.450. The maximum atomic E-state index is 13.3. The van der Waals surface area contributed by atoms with E-state index in [1.807, 2.05) is 19.2 Å². The lowest BCUT2D eigenvalue weighted by Crippen LogP contribution is -2.52. The molecule has 1 aliphatic rings. The van der Waals surface area contributed by atoms with Gasteiger partial charge in [-0.3, -0.25) is 0 Å². The molecule has 1 N–H and O–H groups in total. The molecule has 0 radical (unpaired) electrons. The van der Waals surface area contributed by atoms with E-state index in [9.17, 15) is 4.39 Å². The van der Waals surface area contributed by atoms with Gasteiger partial charge in [0.25, 0.3) is 0 Å². The van der Waals surface area contributed by atoms with Gasteiger partial charge in [0.15, 0.2) is 0 Å². The van der Waals surface area contributed by atoms with E-state index in [-0.39, 0.29) is 17.5 Å². The van der Waals surface area contributed by atoms with Crippen LogP contribution in [0, 0.1) is 5.82 Å². The van der Waals surface area contributed by atoms with Crippen molar-refractivity contribution in [2.75, 3.05) is 13.7 Å². The van der Waals surface area contributed by atoms with Gasteiger partial charge in [-0.2, -0.15) is 0 Å². The molecule has 1 heterocycles. The lowest BCUT2D eigenvalue weighted by Gasteiger charge is -2.40. The molecule has 0 saturated carbocycles. The van der Waals surface area contributed by atoms with Crippen LogP contribution in [0.3, 0.4) is 0 Å². The third-order valence-corrected chi connectivity index (χ3v) is 4.62. The van der Waals surface area contributed by atoms with Crippen molar-refractivity contribution in [1.29, 1.82) is 0 Å². The number of likely N-dealkylation sites (N-methyl/N-ethyl adjacent to an activating group) is 1. The van der Waals surface area contributed by atoms with Gasteiger partial charge in [0.1, 0.15) is 5.82 Å². The Kier molecular flexibility index (Phi) is 4.98. The number of halogens is 2. The molecule has 19 heavy (non-hydrogen) atoms. The van der Waals surface area contributed by atoms with Crippen molar-refractivity contribution in [2.45, 2.75) is 44.2 Å². The summed E-state index contributed by atoms with van der Waals surface area (Å²) in [5, 5.41) is 3.36. The standard InChI is InChI=1S/C15H21BrFNO/c1-15(7-3-4-8-19-15)14(18-2)10-11-5-6-13(17)12(16)9-11/h5-6,9,14,18H,3-4,7-8,10H2,1-2H3. The van der Waals surface area contributed by atoms with Crippen molar-refractivity contribution in [3.8, 4) is 0 Å². The molecule has 0 amide bonds. The average Bonchev–Trinajstić information content (AvgIpc) is 2.40. The molecule has 0 aromatic heterocycles. The van der Waals surface area contributed by atoms with E-state index in [0.717, 1.165) is 31.4 Å². The van der Waals surface area contributed by atoms with Crippen molar-refractivity contribution >= 4 is 15.9 Å². The summed E-state index contributed by atoms with van der Waals surface area (Å²) < 4.78 is 19.8. The largest absolute Gasteiger partial charge is 0.374 e. The third kappa shape index (κ3) is 3.56. The third-order valence-electron chi connectivity index (χ3n) is 4.01. The summed E-state index contributed by atoms with van der Waals surface area (Å²) in [4.78, 5) is 0. The van der Waals surface area contributed by atoms with Crippen molar-refractivity contribution < 1.29 is 9.13 Å². The fourth-order valence-corrected chi connectivity index (χ4v) is 3.18. The van der Waals surface area contributed by atoms with Gasteiger partial charge in [0.05, 0.1) is 10.1 Å². The molecule has 2 rings (SSSR count). The second-order valence-corrected chi connectivity index (χ2v) is 6.27. The van der Waals surface area contributed by atoms with E-state index < -0.39 is 0 Å². The van der Waals surface area contributed by atoms with E-state index in [1.165, 1.54) is 12.5 Å². The quantitative estimate of drug-likeness (QED) is 0.909. The van der Waals surface area contributed by atoms with Gasteiger partial charge in [-0.05, 0) is 73.3 Å². The molecule has 1 aliphatic heterocycles. The molecule has 0 bridgehead atoms. The number of rotatable bonds is 4. The lowest BCUT2D eigenvalue weighted by atomic mass is 9.85. The molecule has 2 nitrogen and oxygen atoms in total. The molecular weight excluding hydrogens is 309 g/mol. The van der Waals surface area contributed by atoms with Gasteiger partial charge in [0.2, 0.25) is 0 Å². The summed E-state index contributed by atoms with van der Waals surface area (Å²) in [5.74, 6) is -0.218.